The van der Waals surface area contributed by atoms with Crippen LogP contribution in [0.2, 0.25) is 0 Å². The van der Waals surface area contributed by atoms with Gasteiger partial charge in [0, 0.05) is 11.8 Å². The Morgan fingerprint density at radius 3 is 2.33 bits per heavy atom. The van der Waals surface area contributed by atoms with Crippen molar-refractivity contribution in [2.75, 3.05) is 0 Å². The maximum atomic E-state index is 11.0. The standard InChI is InChI=1S/C7H10N2O.C2H6/c1-5(2)6-3-8-4-9-7(6)10;1-2/h3-5H,1-2H3,(H,8,9,10);1-2H3. The molecule has 3 nitrogen and oxygen atoms in total. The van der Waals surface area contributed by atoms with Crippen molar-refractivity contribution in [1.82, 2.24) is 9.97 Å². The molecule has 0 amide bonds. The number of hydrogen-bond donors (Lipinski definition) is 1. The molecule has 0 spiro atoms. The fourth-order valence-electron chi connectivity index (χ4n) is 0.767. The van der Waals surface area contributed by atoms with Gasteiger partial charge in [-0.15, -0.1) is 0 Å². The molecular weight excluding hydrogens is 152 g/mol. The first-order chi connectivity index (χ1) is 5.72. The van der Waals surface area contributed by atoms with Gasteiger partial charge in [0.15, 0.2) is 0 Å². The summed E-state index contributed by atoms with van der Waals surface area (Å²) in [6.45, 7) is 7.93. The van der Waals surface area contributed by atoms with E-state index in [4.69, 9.17) is 0 Å². The molecular formula is C9H16N2O. The molecule has 0 aliphatic rings. The van der Waals surface area contributed by atoms with E-state index in [0.29, 0.717) is 0 Å². The van der Waals surface area contributed by atoms with E-state index in [1.54, 1.807) is 6.20 Å². The lowest BCUT2D eigenvalue weighted by molar-refractivity contribution is 0.829. The van der Waals surface area contributed by atoms with Gasteiger partial charge in [0.25, 0.3) is 5.56 Å². The van der Waals surface area contributed by atoms with Gasteiger partial charge in [-0.2, -0.15) is 0 Å². The van der Waals surface area contributed by atoms with Crippen LogP contribution in [0.5, 0.6) is 0 Å². The first kappa shape index (κ1) is 10.9. The van der Waals surface area contributed by atoms with Crippen LogP contribution in [0.1, 0.15) is 39.2 Å². The zero-order chi connectivity index (χ0) is 9.56. The minimum Gasteiger partial charge on any atom is -0.313 e. The number of rotatable bonds is 1. The zero-order valence-electron chi connectivity index (χ0n) is 8.09. The minimum absolute atomic E-state index is 0.0370. The zero-order valence-corrected chi connectivity index (χ0v) is 8.09. The molecule has 0 aliphatic heterocycles. The predicted molar refractivity (Wildman–Crippen MR) is 50.3 cm³/mol. The van der Waals surface area contributed by atoms with Crippen molar-refractivity contribution < 1.29 is 0 Å². The molecule has 3 heteroatoms. The molecule has 0 aliphatic carbocycles. The van der Waals surface area contributed by atoms with Gasteiger partial charge >= 0.3 is 0 Å². The third kappa shape index (κ3) is 2.86. The lowest BCUT2D eigenvalue weighted by Crippen LogP contribution is -2.13. The summed E-state index contributed by atoms with van der Waals surface area (Å²) < 4.78 is 0. The Labute approximate surface area is 72.9 Å². The maximum absolute atomic E-state index is 11.0. The topological polar surface area (TPSA) is 45.8 Å². The Morgan fingerprint density at radius 2 is 2.00 bits per heavy atom. The van der Waals surface area contributed by atoms with E-state index in [1.807, 2.05) is 27.7 Å². The van der Waals surface area contributed by atoms with Crippen molar-refractivity contribution >= 4 is 0 Å². The number of nitrogens with one attached hydrogen (secondary N) is 1. The van der Waals surface area contributed by atoms with Crippen LogP contribution in [0.3, 0.4) is 0 Å². The van der Waals surface area contributed by atoms with Crippen molar-refractivity contribution in [3.8, 4) is 0 Å². The molecule has 1 rings (SSSR count). The Kier molecular flexibility index (Phi) is 5.00. The monoisotopic (exact) mass is 168 g/mol. The van der Waals surface area contributed by atoms with E-state index < -0.39 is 0 Å². The number of hydrogen-bond acceptors (Lipinski definition) is 2. The summed E-state index contributed by atoms with van der Waals surface area (Å²) in [5.41, 5.74) is 0.701. The first-order valence-corrected chi connectivity index (χ1v) is 4.24. The average Bonchev–Trinajstić information content (AvgIpc) is 2.08. The van der Waals surface area contributed by atoms with Crippen molar-refractivity contribution in [3.05, 3.63) is 28.4 Å². The molecule has 0 saturated carbocycles. The third-order valence-electron chi connectivity index (χ3n) is 1.37. The van der Waals surface area contributed by atoms with Crippen molar-refractivity contribution in [2.45, 2.75) is 33.6 Å². The molecule has 1 aromatic heterocycles. The van der Waals surface area contributed by atoms with Crippen LogP contribution in [-0.2, 0) is 0 Å². The molecule has 0 radical (unpaired) electrons. The van der Waals surface area contributed by atoms with Gasteiger partial charge in [-0.25, -0.2) is 4.98 Å². The number of aromatic nitrogens is 2. The SMILES string of the molecule is CC.CC(C)c1cnc[nH]c1=O. The Balaban J connectivity index is 0.000000561. The van der Waals surface area contributed by atoms with E-state index >= 15 is 0 Å². The van der Waals surface area contributed by atoms with E-state index in [9.17, 15) is 4.79 Å². The average molecular weight is 168 g/mol. The molecule has 0 saturated heterocycles. The molecule has 0 unspecified atom stereocenters. The summed E-state index contributed by atoms with van der Waals surface area (Å²) in [5, 5.41) is 0. The largest absolute Gasteiger partial charge is 0.313 e. The van der Waals surface area contributed by atoms with Crippen molar-refractivity contribution in [2.24, 2.45) is 0 Å². The highest BCUT2D eigenvalue weighted by atomic mass is 16.1. The highest BCUT2D eigenvalue weighted by Crippen LogP contribution is 2.05. The molecule has 1 N–H and O–H groups in total. The smallest absolute Gasteiger partial charge is 0.254 e. The van der Waals surface area contributed by atoms with Crippen LogP contribution in [0.25, 0.3) is 0 Å². The first-order valence-electron chi connectivity index (χ1n) is 4.24. The van der Waals surface area contributed by atoms with Crippen LogP contribution < -0.4 is 5.56 Å². The number of H-pyrrole nitrogens is 1. The minimum atomic E-state index is -0.0370. The van der Waals surface area contributed by atoms with E-state index in [1.165, 1.54) is 6.33 Å². The van der Waals surface area contributed by atoms with E-state index in [-0.39, 0.29) is 11.5 Å². The van der Waals surface area contributed by atoms with Gasteiger partial charge < -0.3 is 4.98 Å². The Morgan fingerprint density at radius 1 is 1.42 bits per heavy atom. The summed E-state index contributed by atoms with van der Waals surface area (Å²) in [7, 11) is 0. The van der Waals surface area contributed by atoms with Crippen LogP contribution in [0.15, 0.2) is 17.3 Å². The molecule has 0 atom stereocenters. The number of aromatic amines is 1. The van der Waals surface area contributed by atoms with Crippen LogP contribution in [0.4, 0.5) is 0 Å². The summed E-state index contributed by atoms with van der Waals surface area (Å²) in [5.74, 6) is 0.248. The van der Waals surface area contributed by atoms with Crippen LogP contribution in [0, 0.1) is 0 Å². The number of nitrogens with zero attached hydrogens (tertiary/aromatic N) is 1. The Bertz CT molecular complexity index is 265. The third-order valence-corrected chi connectivity index (χ3v) is 1.37. The summed E-state index contributed by atoms with van der Waals surface area (Å²) in [6.07, 6.45) is 3.00. The van der Waals surface area contributed by atoms with Crippen LogP contribution in [-0.4, -0.2) is 9.97 Å². The van der Waals surface area contributed by atoms with Crippen molar-refractivity contribution in [1.29, 1.82) is 0 Å². The molecule has 1 aromatic rings. The molecule has 0 fully saturated rings. The normalized spacial score (nSPS) is 9.08. The molecule has 0 aromatic carbocycles. The van der Waals surface area contributed by atoms with E-state index in [0.717, 1.165) is 5.56 Å². The summed E-state index contributed by atoms with van der Waals surface area (Å²) >= 11 is 0. The van der Waals surface area contributed by atoms with Gasteiger partial charge in [0.05, 0.1) is 6.33 Å². The van der Waals surface area contributed by atoms with Crippen molar-refractivity contribution in [3.63, 3.8) is 0 Å². The molecule has 0 bridgehead atoms. The van der Waals surface area contributed by atoms with Crippen LogP contribution >= 0.6 is 0 Å². The summed E-state index contributed by atoms with van der Waals surface area (Å²) in [6, 6.07) is 0. The molecule has 1 heterocycles. The quantitative estimate of drug-likeness (QED) is 0.696. The maximum Gasteiger partial charge on any atom is 0.254 e. The highest BCUT2D eigenvalue weighted by Gasteiger charge is 2.01. The van der Waals surface area contributed by atoms with Gasteiger partial charge in [-0.1, -0.05) is 27.7 Å². The molecule has 12 heavy (non-hydrogen) atoms. The fraction of sp³-hybridized carbons (Fsp3) is 0.556. The second-order valence-corrected chi connectivity index (χ2v) is 2.49. The summed E-state index contributed by atoms with van der Waals surface area (Å²) in [4.78, 5) is 17.3. The Hall–Kier alpha value is -1.12. The second-order valence-electron chi connectivity index (χ2n) is 2.49. The van der Waals surface area contributed by atoms with Gasteiger partial charge in [-0.05, 0) is 5.92 Å². The van der Waals surface area contributed by atoms with E-state index in [2.05, 4.69) is 9.97 Å². The fourth-order valence-corrected chi connectivity index (χ4v) is 0.767. The molecule has 68 valence electrons. The lowest BCUT2D eigenvalue weighted by Gasteiger charge is -1.99. The lowest BCUT2D eigenvalue weighted by atomic mass is 10.1. The van der Waals surface area contributed by atoms with Gasteiger partial charge in [-0.3, -0.25) is 4.79 Å². The van der Waals surface area contributed by atoms with Gasteiger partial charge in [0.2, 0.25) is 0 Å². The highest BCUT2D eigenvalue weighted by molar-refractivity contribution is 5.07. The van der Waals surface area contributed by atoms with Gasteiger partial charge in [0.1, 0.15) is 0 Å². The second kappa shape index (κ2) is 5.52. The predicted octanol–water partition coefficient (Wildman–Crippen LogP) is 1.92.